The quantitative estimate of drug-likeness (QED) is 0.643. The van der Waals surface area contributed by atoms with Gasteiger partial charge in [0.2, 0.25) is 11.1 Å². The molecule has 6 heteroatoms. The number of para-hydroxylation sites is 1. The molecule has 4 rings (SSSR count). The van der Waals surface area contributed by atoms with Crippen LogP contribution in [0.2, 0.25) is 0 Å². The van der Waals surface area contributed by atoms with Gasteiger partial charge in [-0.05, 0) is 12.1 Å². The highest BCUT2D eigenvalue weighted by Gasteiger charge is 2.20. The van der Waals surface area contributed by atoms with Crippen LogP contribution in [0.15, 0.2) is 38.6 Å². The smallest absolute Gasteiger partial charge is 0.293 e. The molecule has 0 aliphatic carbocycles. The van der Waals surface area contributed by atoms with E-state index in [1.165, 1.54) is 6.26 Å². The number of H-pyrrole nitrogens is 1. The molecular formula is C12H6N2O4. The van der Waals surface area contributed by atoms with E-state index in [1.54, 1.807) is 29.0 Å². The highest BCUT2D eigenvalue weighted by molar-refractivity contribution is 5.96. The second-order valence-corrected chi connectivity index (χ2v) is 3.97. The number of nitrogens with one attached hydrogen (secondary N) is 1. The maximum atomic E-state index is 12.2. The summed E-state index contributed by atoms with van der Waals surface area (Å²) in [6.45, 7) is 0. The summed E-state index contributed by atoms with van der Waals surface area (Å²) in [5.41, 5.74) is -0.0808. The number of fused-ring (bicyclic) bond motifs is 2. The zero-order valence-electron chi connectivity index (χ0n) is 8.97. The van der Waals surface area contributed by atoms with Crippen molar-refractivity contribution in [1.29, 1.82) is 0 Å². The molecule has 18 heavy (non-hydrogen) atoms. The molecule has 3 aromatic rings. The zero-order valence-corrected chi connectivity index (χ0v) is 8.97. The zero-order chi connectivity index (χ0) is 12.3. The normalized spacial score (nSPS) is 13.1. The van der Waals surface area contributed by atoms with Gasteiger partial charge in [-0.25, -0.2) is 0 Å². The van der Waals surface area contributed by atoms with Gasteiger partial charge < -0.3 is 9.26 Å². The van der Waals surface area contributed by atoms with Crippen LogP contribution in [0.4, 0.5) is 0 Å². The standard InChI is InChI=1S/C12H6N2O4/c15-10-6-2-1-3-7-9(6)14(4-5-17-7)12-8(10)11(16)13-18-12/h1-5H,(H,13,16). The summed E-state index contributed by atoms with van der Waals surface area (Å²) >= 11 is 0. The van der Waals surface area contributed by atoms with Crippen LogP contribution in [0, 0.1) is 0 Å². The molecule has 0 unspecified atom stereocenters. The molecule has 1 aliphatic rings. The number of ether oxygens (including phenoxy) is 1. The number of benzene rings is 1. The van der Waals surface area contributed by atoms with Crippen molar-refractivity contribution in [3.05, 3.63) is 45.0 Å². The first-order valence-corrected chi connectivity index (χ1v) is 5.29. The van der Waals surface area contributed by atoms with E-state index in [0.29, 0.717) is 16.7 Å². The highest BCUT2D eigenvalue weighted by atomic mass is 16.5. The van der Waals surface area contributed by atoms with Crippen LogP contribution < -0.4 is 15.7 Å². The SMILES string of the molecule is O=c1[nH]oc2c1c(=O)c1cccc3c1n2C=CO3. The van der Waals surface area contributed by atoms with E-state index in [2.05, 4.69) is 5.16 Å². The summed E-state index contributed by atoms with van der Waals surface area (Å²) < 4.78 is 12.0. The van der Waals surface area contributed by atoms with Crippen LogP contribution in [0.1, 0.15) is 0 Å². The average Bonchev–Trinajstić information content (AvgIpc) is 2.78. The summed E-state index contributed by atoms with van der Waals surface area (Å²) in [6.07, 6.45) is 3.08. The lowest BCUT2D eigenvalue weighted by molar-refractivity contribution is 0.434. The molecular weight excluding hydrogens is 236 g/mol. The molecule has 1 N–H and O–H groups in total. The molecule has 1 aromatic carbocycles. The van der Waals surface area contributed by atoms with Gasteiger partial charge in [0.25, 0.3) is 5.56 Å². The van der Waals surface area contributed by atoms with Crippen LogP contribution in [-0.2, 0) is 0 Å². The van der Waals surface area contributed by atoms with Gasteiger partial charge in [-0.1, -0.05) is 6.07 Å². The molecule has 1 aliphatic heterocycles. The summed E-state index contributed by atoms with van der Waals surface area (Å²) in [4.78, 5) is 23.8. The minimum Gasteiger partial charge on any atom is -0.461 e. The Balaban J connectivity index is 2.48. The molecule has 0 amide bonds. The third-order valence-electron chi connectivity index (χ3n) is 3.02. The molecule has 0 spiro atoms. The number of hydrogen-bond donors (Lipinski definition) is 1. The third-order valence-corrected chi connectivity index (χ3v) is 3.02. The Kier molecular flexibility index (Phi) is 1.51. The van der Waals surface area contributed by atoms with Gasteiger partial charge >= 0.3 is 0 Å². The van der Waals surface area contributed by atoms with E-state index in [9.17, 15) is 9.59 Å². The van der Waals surface area contributed by atoms with Crippen molar-refractivity contribution in [2.24, 2.45) is 0 Å². The second-order valence-electron chi connectivity index (χ2n) is 3.97. The number of aromatic nitrogens is 2. The summed E-state index contributed by atoms with van der Waals surface area (Å²) in [5.74, 6) is 0.554. The topological polar surface area (TPSA) is 77.2 Å². The second kappa shape index (κ2) is 2.92. The Morgan fingerprint density at radius 1 is 1.22 bits per heavy atom. The van der Waals surface area contributed by atoms with E-state index < -0.39 is 5.56 Å². The van der Waals surface area contributed by atoms with E-state index in [4.69, 9.17) is 9.26 Å². The third kappa shape index (κ3) is 0.928. The lowest BCUT2D eigenvalue weighted by Crippen LogP contribution is -2.15. The Labute approximate surface area is 98.7 Å². The molecule has 0 fully saturated rings. The van der Waals surface area contributed by atoms with Crippen LogP contribution in [-0.4, -0.2) is 9.72 Å². The van der Waals surface area contributed by atoms with E-state index in [-0.39, 0.29) is 16.5 Å². The fourth-order valence-electron chi connectivity index (χ4n) is 2.26. The van der Waals surface area contributed by atoms with Gasteiger partial charge in [0.15, 0.2) is 11.1 Å². The molecule has 0 saturated heterocycles. The molecule has 2 aromatic heterocycles. The van der Waals surface area contributed by atoms with Gasteiger partial charge in [0, 0.05) is 6.20 Å². The minimum absolute atomic E-state index is 0.0196. The lowest BCUT2D eigenvalue weighted by Gasteiger charge is -2.14. The van der Waals surface area contributed by atoms with Crippen molar-refractivity contribution in [2.75, 3.05) is 0 Å². The average molecular weight is 242 g/mol. The maximum Gasteiger partial charge on any atom is 0.293 e. The predicted octanol–water partition coefficient (Wildman–Crippen LogP) is 1.26. The van der Waals surface area contributed by atoms with Crippen LogP contribution in [0.5, 0.6) is 5.75 Å². The number of nitrogens with zero attached hydrogens (tertiary/aromatic N) is 1. The highest BCUT2D eigenvalue weighted by Crippen LogP contribution is 2.29. The minimum atomic E-state index is -0.522. The first kappa shape index (κ1) is 9.29. The number of pyridine rings is 1. The van der Waals surface area contributed by atoms with Crippen LogP contribution >= 0.6 is 0 Å². The first-order chi connectivity index (χ1) is 8.77. The maximum absolute atomic E-state index is 12.2. The Bertz CT molecular complexity index is 942. The van der Waals surface area contributed by atoms with Crippen LogP contribution in [0.3, 0.4) is 0 Å². The van der Waals surface area contributed by atoms with Gasteiger partial charge in [0.1, 0.15) is 11.8 Å². The number of hydrogen-bond acceptors (Lipinski definition) is 4. The molecule has 0 radical (unpaired) electrons. The number of aromatic amines is 1. The van der Waals surface area contributed by atoms with Gasteiger partial charge in [-0.15, -0.1) is 0 Å². The summed E-state index contributed by atoms with van der Waals surface area (Å²) in [6, 6.07) is 5.12. The number of rotatable bonds is 0. The summed E-state index contributed by atoms with van der Waals surface area (Å²) in [7, 11) is 0. The molecule has 0 atom stereocenters. The monoisotopic (exact) mass is 242 g/mol. The molecule has 0 bridgehead atoms. The van der Waals surface area contributed by atoms with Crippen molar-refractivity contribution in [3.63, 3.8) is 0 Å². The van der Waals surface area contributed by atoms with Crippen molar-refractivity contribution >= 4 is 28.2 Å². The molecule has 3 heterocycles. The van der Waals surface area contributed by atoms with Crippen molar-refractivity contribution in [3.8, 4) is 5.75 Å². The Morgan fingerprint density at radius 3 is 3.00 bits per heavy atom. The molecule has 0 saturated carbocycles. The Hall–Kier alpha value is -2.76. The first-order valence-electron chi connectivity index (χ1n) is 5.29. The largest absolute Gasteiger partial charge is 0.461 e. The fourth-order valence-corrected chi connectivity index (χ4v) is 2.26. The van der Waals surface area contributed by atoms with Gasteiger partial charge in [-0.3, -0.25) is 14.2 Å². The van der Waals surface area contributed by atoms with E-state index >= 15 is 0 Å². The van der Waals surface area contributed by atoms with Crippen molar-refractivity contribution in [1.82, 2.24) is 9.72 Å². The van der Waals surface area contributed by atoms with Crippen molar-refractivity contribution in [2.45, 2.75) is 0 Å². The Morgan fingerprint density at radius 2 is 2.11 bits per heavy atom. The molecule has 88 valence electrons. The molecule has 6 nitrogen and oxygen atoms in total. The van der Waals surface area contributed by atoms with Crippen LogP contribution in [0.25, 0.3) is 28.2 Å². The summed E-state index contributed by atoms with van der Waals surface area (Å²) in [5, 5.41) is 2.63. The van der Waals surface area contributed by atoms with E-state index in [0.717, 1.165) is 0 Å². The predicted molar refractivity (Wildman–Crippen MR) is 64.6 cm³/mol. The van der Waals surface area contributed by atoms with Gasteiger partial charge in [-0.2, -0.15) is 5.16 Å². The lowest BCUT2D eigenvalue weighted by atomic mass is 10.1. The van der Waals surface area contributed by atoms with E-state index in [1.807, 2.05) is 0 Å². The van der Waals surface area contributed by atoms with Crippen molar-refractivity contribution < 1.29 is 9.26 Å². The van der Waals surface area contributed by atoms with Gasteiger partial charge in [0.05, 0.1) is 5.39 Å². The fraction of sp³-hybridized carbons (Fsp3) is 0.